The molecule has 0 aliphatic carbocycles. The Kier molecular flexibility index (Phi) is 6.16. The van der Waals surface area contributed by atoms with E-state index >= 15 is 0 Å². The Morgan fingerprint density at radius 3 is 2.13 bits per heavy atom. The number of halogens is 2. The molecular formula is C24H27F2NO3. The second-order valence-corrected chi connectivity index (χ2v) is 8.14. The van der Waals surface area contributed by atoms with Crippen LogP contribution in [0, 0.1) is 17.6 Å². The molecule has 2 fully saturated rings. The van der Waals surface area contributed by atoms with Crippen LogP contribution in [0.25, 0.3) is 0 Å². The van der Waals surface area contributed by atoms with Crippen molar-refractivity contribution in [3.63, 3.8) is 0 Å². The molecule has 160 valence electrons. The summed E-state index contributed by atoms with van der Waals surface area (Å²) in [5.41, 5.74) is 1.52. The van der Waals surface area contributed by atoms with Crippen LogP contribution in [0.3, 0.4) is 0 Å². The molecule has 0 saturated carbocycles. The van der Waals surface area contributed by atoms with Crippen LogP contribution in [0.5, 0.6) is 0 Å². The zero-order valence-corrected chi connectivity index (χ0v) is 17.3. The first-order valence-corrected chi connectivity index (χ1v) is 10.5. The van der Waals surface area contributed by atoms with E-state index in [2.05, 4.69) is 11.9 Å². The first-order chi connectivity index (χ1) is 14.5. The zero-order chi connectivity index (χ0) is 21.3. The average molecular weight is 415 g/mol. The number of piperidine rings is 1. The predicted molar refractivity (Wildman–Crippen MR) is 109 cm³/mol. The molecule has 30 heavy (non-hydrogen) atoms. The van der Waals surface area contributed by atoms with E-state index < -0.39 is 12.0 Å². The smallest absolute Gasteiger partial charge is 0.313 e. The third-order valence-electron chi connectivity index (χ3n) is 6.43. The van der Waals surface area contributed by atoms with Gasteiger partial charge in [0.05, 0.1) is 18.6 Å². The topological polar surface area (TPSA) is 38.8 Å². The fourth-order valence-electron chi connectivity index (χ4n) is 4.91. The Balaban J connectivity index is 1.67. The van der Waals surface area contributed by atoms with Gasteiger partial charge in [0.15, 0.2) is 0 Å². The molecular weight excluding hydrogens is 388 g/mol. The van der Waals surface area contributed by atoms with E-state index in [9.17, 15) is 13.6 Å². The number of fused-ring (bicyclic) bond motifs is 2. The Labute approximate surface area is 175 Å². The third-order valence-corrected chi connectivity index (χ3v) is 6.43. The van der Waals surface area contributed by atoms with Crippen LogP contribution in [-0.4, -0.2) is 42.7 Å². The van der Waals surface area contributed by atoms with Gasteiger partial charge in [0.2, 0.25) is 0 Å². The number of hydrogen-bond acceptors (Lipinski definition) is 4. The van der Waals surface area contributed by atoms with Gasteiger partial charge in [-0.1, -0.05) is 24.3 Å². The zero-order valence-electron chi connectivity index (χ0n) is 17.3. The van der Waals surface area contributed by atoms with Crippen LogP contribution in [0.1, 0.15) is 43.4 Å². The van der Waals surface area contributed by atoms with Crippen molar-refractivity contribution in [3.05, 3.63) is 71.3 Å². The molecule has 2 aliphatic heterocycles. The molecule has 2 aromatic carbocycles. The van der Waals surface area contributed by atoms with Gasteiger partial charge in [-0.05, 0) is 68.6 Å². The molecule has 0 aromatic heterocycles. The number of hydrogen-bond donors (Lipinski definition) is 0. The average Bonchev–Trinajstić information content (AvgIpc) is 2.97. The highest BCUT2D eigenvalue weighted by atomic mass is 19.1. The molecule has 6 heteroatoms. The van der Waals surface area contributed by atoms with Gasteiger partial charge in [-0.15, -0.1) is 0 Å². The molecule has 4 rings (SSSR count). The summed E-state index contributed by atoms with van der Waals surface area (Å²) in [7, 11) is 2.06. The van der Waals surface area contributed by atoms with Crippen molar-refractivity contribution < 1.29 is 23.0 Å². The molecule has 4 nitrogen and oxygen atoms in total. The Morgan fingerprint density at radius 1 is 1.03 bits per heavy atom. The molecule has 2 saturated heterocycles. The quantitative estimate of drug-likeness (QED) is 0.652. The van der Waals surface area contributed by atoms with Crippen molar-refractivity contribution >= 4 is 5.97 Å². The summed E-state index contributed by atoms with van der Waals surface area (Å²) in [5, 5.41) is 0. The van der Waals surface area contributed by atoms with Gasteiger partial charge in [-0.25, -0.2) is 8.78 Å². The van der Waals surface area contributed by atoms with Crippen LogP contribution < -0.4 is 0 Å². The molecule has 0 radical (unpaired) electrons. The van der Waals surface area contributed by atoms with E-state index in [0.717, 1.165) is 30.4 Å². The molecule has 0 N–H and O–H groups in total. The number of nitrogens with zero attached hydrogens (tertiary/aromatic N) is 1. The van der Waals surface area contributed by atoms with Crippen molar-refractivity contribution in [2.24, 2.45) is 5.92 Å². The van der Waals surface area contributed by atoms with Crippen molar-refractivity contribution in [2.75, 3.05) is 13.7 Å². The van der Waals surface area contributed by atoms with Crippen LogP contribution in [0.4, 0.5) is 8.78 Å². The van der Waals surface area contributed by atoms with Gasteiger partial charge >= 0.3 is 5.97 Å². The summed E-state index contributed by atoms with van der Waals surface area (Å²) in [6.45, 7) is 2.12. The Bertz CT molecular complexity index is 826. The summed E-state index contributed by atoms with van der Waals surface area (Å²) < 4.78 is 39.0. The predicted octanol–water partition coefficient (Wildman–Crippen LogP) is 4.49. The van der Waals surface area contributed by atoms with Gasteiger partial charge in [0.1, 0.15) is 17.7 Å². The van der Waals surface area contributed by atoms with E-state index in [0.29, 0.717) is 12.6 Å². The van der Waals surface area contributed by atoms with Gasteiger partial charge in [-0.2, -0.15) is 0 Å². The third kappa shape index (κ3) is 4.12. The molecule has 4 atom stereocenters. The van der Waals surface area contributed by atoms with Gasteiger partial charge < -0.3 is 9.47 Å². The second kappa shape index (κ2) is 8.82. The highest BCUT2D eigenvalue weighted by Gasteiger charge is 2.50. The lowest BCUT2D eigenvalue weighted by molar-refractivity contribution is -0.164. The van der Waals surface area contributed by atoms with E-state index in [1.807, 2.05) is 0 Å². The highest BCUT2D eigenvalue weighted by molar-refractivity contribution is 5.74. The van der Waals surface area contributed by atoms with Crippen LogP contribution in [0.2, 0.25) is 0 Å². The SMILES string of the molecule is CCOC(=O)[C@@H]1[C@@H](OC(c2ccc(F)cc2)c2ccc(F)cc2)C[C@H]2CC[C@@H]1N2C. The first kappa shape index (κ1) is 20.9. The molecule has 0 spiro atoms. The number of benzene rings is 2. The lowest BCUT2D eigenvalue weighted by atomic mass is 9.87. The minimum absolute atomic E-state index is 0.0786. The molecule has 0 amide bonds. The van der Waals surface area contributed by atoms with E-state index in [1.54, 1.807) is 31.2 Å². The summed E-state index contributed by atoms with van der Waals surface area (Å²) in [6, 6.07) is 12.7. The summed E-state index contributed by atoms with van der Waals surface area (Å²) in [4.78, 5) is 15.1. The van der Waals surface area contributed by atoms with Crippen molar-refractivity contribution in [1.29, 1.82) is 0 Å². The van der Waals surface area contributed by atoms with Crippen LogP contribution >= 0.6 is 0 Å². The minimum atomic E-state index is -0.532. The number of esters is 1. The van der Waals surface area contributed by atoms with E-state index in [-0.39, 0.29) is 29.7 Å². The molecule has 2 heterocycles. The van der Waals surface area contributed by atoms with Gasteiger partial charge in [0.25, 0.3) is 0 Å². The van der Waals surface area contributed by atoms with Gasteiger partial charge in [0, 0.05) is 12.1 Å². The summed E-state index contributed by atoms with van der Waals surface area (Å²) >= 11 is 0. The first-order valence-electron chi connectivity index (χ1n) is 10.5. The highest BCUT2D eigenvalue weighted by Crippen LogP contribution is 2.42. The number of carbonyl (C=O) groups excluding carboxylic acids is 1. The number of carbonyl (C=O) groups is 1. The lowest BCUT2D eigenvalue weighted by Crippen LogP contribution is -2.53. The van der Waals surface area contributed by atoms with Crippen LogP contribution in [-0.2, 0) is 14.3 Å². The standard InChI is InChI=1S/C24H27F2NO3/c1-3-29-24(28)22-20-13-12-19(27(20)2)14-21(22)30-23(15-4-8-17(25)9-5-15)16-6-10-18(26)11-7-16/h4-11,19-23H,3,12-14H2,1-2H3/t19-,20+,21+,22+/m1/s1. The van der Waals surface area contributed by atoms with E-state index in [1.165, 1.54) is 24.3 Å². The van der Waals surface area contributed by atoms with Crippen molar-refractivity contribution in [2.45, 2.75) is 50.5 Å². The second-order valence-electron chi connectivity index (χ2n) is 8.14. The Hall–Kier alpha value is -2.31. The molecule has 2 bridgehead atoms. The van der Waals surface area contributed by atoms with Crippen LogP contribution in [0.15, 0.2) is 48.5 Å². The Morgan fingerprint density at radius 2 is 1.60 bits per heavy atom. The van der Waals surface area contributed by atoms with E-state index in [4.69, 9.17) is 9.47 Å². The fourth-order valence-corrected chi connectivity index (χ4v) is 4.91. The molecule has 0 unspecified atom stereocenters. The number of rotatable bonds is 6. The largest absolute Gasteiger partial charge is 0.466 e. The maximum absolute atomic E-state index is 13.5. The minimum Gasteiger partial charge on any atom is -0.466 e. The maximum atomic E-state index is 13.5. The number of ether oxygens (including phenoxy) is 2. The summed E-state index contributed by atoms with van der Waals surface area (Å²) in [6.07, 6.45) is 1.81. The lowest BCUT2D eigenvalue weighted by Gasteiger charge is -2.42. The van der Waals surface area contributed by atoms with Crippen molar-refractivity contribution in [3.8, 4) is 0 Å². The summed E-state index contributed by atoms with van der Waals surface area (Å²) in [5.74, 6) is -1.30. The van der Waals surface area contributed by atoms with Gasteiger partial charge in [-0.3, -0.25) is 9.69 Å². The van der Waals surface area contributed by atoms with Crippen molar-refractivity contribution in [1.82, 2.24) is 4.90 Å². The fraction of sp³-hybridized carbons (Fsp3) is 0.458. The monoisotopic (exact) mass is 415 g/mol. The molecule has 2 aromatic rings. The normalized spacial score (nSPS) is 26.2. The molecule has 2 aliphatic rings. The maximum Gasteiger partial charge on any atom is 0.313 e.